The van der Waals surface area contributed by atoms with Crippen LogP contribution in [0, 0.1) is 11.7 Å². The van der Waals surface area contributed by atoms with Gasteiger partial charge in [0.15, 0.2) is 11.5 Å². The lowest BCUT2D eigenvalue weighted by Crippen LogP contribution is -2.59. The normalized spacial score (nSPS) is 33.2. The smallest absolute Gasteiger partial charge is 0.231 e. The van der Waals surface area contributed by atoms with Crippen molar-refractivity contribution < 1.29 is 13.9 Å². The molecule has 4 fully saturated rings. The molecule has 5 heteroatoms. The fraction of sp³-hybridized carbons (Fsp3) is 0.478. The monoisotopic (exact) mass is 380 g/mol. The number of piperidine rings is 3. The van der Waals surface area contributed by atoms with Gasteiger partial charge in [0.25, 0.3) is 0 Å². The van der Waals surface area contributed by atoms with E-state index < -0.39 is 0 Å². The highest BCUT2D eigenvalue weighted by Gasteiger charge is 2.53. The number of rotatable bonds is 3. The summed E-state index contributed by atoms with van der Waals surface area (Å²) in [6.07, 6.45) is 2.60. The molecule has 7 rings (SSSR count). The SMILES string of the molecule is Fc1ccc(CN2C[C@@H](c3ccc4c(c3)OCO4)[C@@H]3[C@H]2C2CCN3CC2)cc1. The summed E-state index contributed by atoms with van der Waals surface area (Å²) in [5.41, 5.74) is 2.55. The fourth-order valence-corrected chi connectivity index (χ4v) is 5.98. The van der Waals surface area contributed by atoms with E-state index >= 15 is 0 Å². The molecule has 146 valence electrons. The van der Waals surface area contributed by atoms with Gasteiger partial charge in [-0.1, -0.05) is 18.2 Å². The second kappa shape index (κ2) is 6.46. The van der Waals surface area contributed by atoms with Crippen molar-refractivity contribution in [3.63, 3.8) is 0 Å². The summed E-state index contributed by atoms with van der Waals surface area (Å²) in [4.78, 5) is 5.37. The third-order valence-corrected chi connectivity index (χ3v) is 7.22. The van der Waals surface area contributed by atoms with Gasteiger partial charge < -0.3 is 9.47 Å². The van der Waals surface area contributed by atoms with Crippen LogP contribution >= 0.6 is 0 Å². The van der Waals surface area contributed by atoms with Crippen molar-refractivity contribution in [1.29, 1.82) is 0 Å². The summed E-state index contributed by atoms with van der Waals surface area (Å²) in [7, 11) is 0. The molecule has 4 nitrogen and oxygen atoms in total. The van der Waals surface area contributed by atoms with E-state index in [0.717, 1.165) is 30.5 Å². The molecule has 0 saturated carbocycles. The molecule has 0 N–H and O–H groups in total. The molecule has 3 atom stereocenters. The number of hydrogen-bond acceptors (Lipinski definition) is 4. The van der Waals surface area contributed by atoms with E-state index in [1.165, 1.54) is 37.1 Å². The molecule has 0 aliphatic carbocycles. The van der Waals surface area contributed by atoms with E-state index in [-0.39, 0.29) is 5.82 Å². The minimum Gasteiger partial charge on any atom is -0.454 e. The molecule has 5 aliphatic rings. The largest absolute Gasteiger partial charge is 0.454 e. The molecule has 5 heterocycles. The van der Waals surface area contributed by atoms with Gasteiger partial charge in [-0.3, -0.25) is 9.80 Å². The van der Waals surface area contributed by atoms with E-state index in [1.54, 1.807) is 12.1 Å². The zero-order valence-corrected chi connectivity index (χ0v) is 15.9. The highest BCUT2D eigenvalue weighted by molar-refractivity contribution is 5.46. The molecule has 0 spiro atoms. The molecule has 5 aliphatic heterocycles. The van der Waals surface area contributed by atoms with E-state index in [1.807, 2.05) is 12.1 Å². The van der Waals surface area contributed by atoms with Crippen LogP contribution < -0.4 is 9.47 Å². The van der Waals surface area contributed by atoms with Crippen molar-refractivity contribution in [2.24, 2.45) is 5.92 Å². The lowest BCUT2D eigenvalue weighted by atomic mass is 9.75. The summed E-state index contributed by atoms with van der Waals surface area (Å²) in [6, 6.07) is 14.6. The van der Waals surface area contributed by atoms with Gasteiger partial charge in [-0.2, -0.15) is 0 Å². The van der Waals surface area contributed by atoms with Crippen molar-refractivity contribution in [3.05, 3.63) is 59.4 Å². The van der Waals surface area contributed by atoms with Gasteiger partial charge in [-0.25, -0.2) is 4.39 Å². The van der Waals surface area contributed by atoms with Crippen LogP contribution in [-0.4, -0.2) is 48.3 Å². The van der Waals surface area contributed by atoms with Gasteiger partial charge in [0.2, 0.25) is 6.79 Å². The van der Waals surface area contributed by atoms with E-state index in [2.05, 4.69) is 28.0 Å². The highest BCUT2D eigenvalue weighted by Crippen LogP contribution is 2.48. The predicted octanol–water partition coefficient (Wildman–Crippen LogP) is 3.62. The minimum atomic E-state index is -0.163. The van der Waals surface area contributed by atoms with Gasteiger partial charge in [-0.15, -0.1) is 0 Å². The maximum absolute atomic E-state index is 13.3. The number of halogens is 1. The standard InChI is InChI=1S/C23H25FN2O2/c24-18-4-1-15(2-5-18)12-26-13-19(17-3-6-20-21(11-17)28-14-27-20)23-22(26)16-7-9-25(23)10-8-16/h1-6,11,16,19,22-23H,7-10,12-14H2/t19-,22+,23+/m0/s1. The molecule has 2 aromatic carbocycles. The Bertz CT molecular complexity index is 879. The zero-order chi connectivity index (χ0) is 18.7. The van der Waals surface area contributed by atoms with E-state index in [9.17, 15) is 4.39 Å². The molecular weight excluding hydrogens is 355 g/mol. The van der Waals surface area contributed by atoms with E-state index in [0.29, 0.717) is 24.8 Å². The number of hydrogen-bond donors (Lipinski definition) is 0. The van der Waals surface area contributed by atoms with Gasteiger partial charge >= 0.3 is 0 Å². The predicted molar refractivity (Wildman–Crippen MR) is 104 cm³/mol. The Hall–Kier alpha value is -2.11. The molecule has 0 radical (unpaired) electrons. The maximum Gasteiger partial charge on any atom is 0.231 e. The van der Waals surface area contributed by atoms with Crippen molar-refractivity contribution >= 4 is 0 Å². The van der Waals surface area contributed by atoms with Crippen LogP contribution in [0.5, 0.6) is 11.5 Å². The second-order valence-electron chi connectivity index (χ2n) is 8.63. The van der Waals surface area contributed by atoms with Gasteiger partial charge in [0, 0.05) is 31.1 Å². The van der Waals surface area contributed by atoms with Crippen LogP contribution in [0.1, 0.15) is 29.9 Å². The number of benzene rings is 2. The Morgan fingerprint density at radius 2 is 1.71 bits per heavy atom. The first kappa shape index (κ1) is 16.8. The van der Waals surface area contributed by atoms with E-state index in [4.69, 9.17) is 9.47 Å². The number of nitrogens with zero attached hydrogens (tertiary/aromatic N) is 2. The van der Waals surface area contributed by atoms with Crippen LogP contribution in [-0.2, 0) is 6.54 Å². The van der Waals surface area contributed by atoms with Crippen molar-refractivity contribution in [2.45, 2.75) is 37.4 Å². The molecule has 0 amide bonds. The Morgan fingerprint density at radius 3 is 2.54 bits per heavy atom. The third-order valence-electron chi connectivity index (χ3n) is 7.22. The maximum atomic E-state index is 13.3. The Labute approximate surface area is 164 Å². The Kier molecular flexibility index (Phi) is 3.88. The van der Waals surface area contributed by atoms with Crippen LogP contribution in [0.15, 0.2) is 42.5 Å². The Morgan fingerprint density at radius 1 is 0.929 bits per heavy atom. The van der Waals surface area contributed by atoms with Gasteiger partial charge in [0.1, 0.15) is 5.82 Å². The zero-order valence-electron chi connectivity index (χ0n) is 15.9. The number of ether oxygens (including phenoxy) is 2. The van der Waals surface area contributed by atoms with Crippen molar-refractivity contribution in [3.8, 4) is 11.5 Å². The van der Waals surface area contributed by atoms with Crippen LogP contribution in [0.3, 0.4) is 0 Å². The summed E-state index contributed by atoms with van der Waals surface area (Å²) < 4.78 is 24.5. The van der Waals surface area contributed by atoms with Gasteiger partial charge in [0.05, 0.1) is 0 Å². The summed E-state index contributed by atoms with van der Waals surface area (Å²) >= 11 is 0. The summed E-state index contributed by atoms with van der Waals surface area (Å²) in [5, 5.41) is 0. The molecule has 4 saturated heterocycles. The fourth-order valence-electron chi connectivity index (χ4n) is 5.98. The molecule has 2 aromatic rings. The molecule has 0 aromatic heterocycles. The molecule has 2 bridgehead atoms. The average Bonchev–Trinajstić information content (AvgIpc) is 3.36. The third kappa shape index (κ3) is 2.64. The molecule has 28 heavy (non-hydrogen) atoms. The van der Waals surface area contributed by atoms with Crippen LogP contribution in [0.25, 0.3) is 0 Å². The summed E-state index contributed by atoms with van der Waals surface area (Å²) in [6.45, 7) is 4.70. The quantitative estimate of drug-likeness (QED) is 0.812. The lowest BCUT2D eigenvalue weighted by Gasteiger charge is -2.51. The van der Waals surface area contributed by atoms with Crippen LogP contribution in [0.2, 0.25) is 0 Å². The lowest BCUT2D eigenvalue weighted by molar-refractivity contribution is -0.00870. The van der Waals surface area contributed by atoms with Crippen molar-refractivity contribution in [1.82, 2.24) is 9.80 Å². The first-order valence-corrected chi connectivity index (χ1v) is 10.4. The number of fused-ring (bicyclic) bond motifs is 3. The average molecular weight is 380 g/mol. The highest BCUT2D eigenvalue weighted by atomic mass is 19.1. The molecule has 0 unspecified atom stereocenters. The first-order valence-electron chi connectivity index (χ1n) is 10.4. The van der Waals surface area contributed by atoms with Crippen molar-refractivity contribution in [2.75, 3.05) is 26.4 Å². The summed E-state index contributed by atoms with van der Waals surface area (Å²) in [5.74, 6) is 2.82. The van der Waals surface area contributed by atoms with Gasteiger partial charge in [-0.05, 0) is 67.2 Å². The minimum absolute atomic E-state index is 0.163. The second-order valence-corrected chi connectivity index (χ2v) is 8.63. The topological polar surface area (TPSA) is 24.9 Å². The molecular formula is C23H25FN2O2. The number of likely N-dealkylation sites (tertiary alicyclic amines) is 1. The van der Waals surface area contributed by atoms with Crippen LogP contribution in [0.4, 0.5) is 4.39 Å². The first-order chi connectivity index (χ1) is 13.8. The Balaban J connectivity index is 1.33.